The lowest BCUT2D eigenvalue weighted by atomic mass is 9.73. The van der Waals surface area contributed by atoms with E-state index in [4.69, 9.17) is 0 Å². The lowest BCUT2D eigenvalue weighted by Crippen LogP contribution is -2.55. The largest absolute Gasteiger partial charge is 0.481 e. The Balaban J connectivity index is 1.67. The minimum absolute atomic E-state index is 0.340. The monoisotopic (exact) mass is 355 g/mol. The van der Waals surface area contributed by atoms with E-state index in [0.29, 0.717) is 32.5 Å². The fourth-order valence-electron chi connectivity index (χ4n) is 3.78. The molecule has 6 heteroatoms. The Morgan fingerprint density at radius 1 is 1.19 bits per heavy atom. The third kappa shape index (κ3) is 4.26. The Hall–Kier alpha value is -2.31. The number of hydrogen-bond donors (Lipinski definition) is 2. The molecule has 0 unspecified atom stereocenters. The molecule has 0 amide bonds. The van der Waals surface area contributed by atoms with Crippen molar-refractivity contribution in [2.45, 2.75) is 38.3 Å². The highest BCUT2D eigenvalue weighted by Crippen LogP contribution is 2.36. The van der Waals surface area contributed by atoms with Gasteiger partial charge in [-0.3, -0.25) is 9.69 Å². The van der Waals surface area contributed by atoms with Crippen LogP contribution in [0.4, 0.5) is 0 Å². The Bertz CT molecular complexity index is 711. The smallest absolute Gasteiger partial charge is 0.313 e. The van der Waals surface area contributed by atoms with Crippen molar-refractivity contribution in [2.24, 2.45) is 5.41 Å². The van der Waals surface area contributed by atoms with Crippen LogP contribution in [0.3, 0.4) is 0 Å². The van der Waals surface area contributed by atoms with Crippen LogP contribution in [-0.2, 0) is 17.8 Å². The molecule has 2 aromatic rings. The highest BCUT2D eigenvalue weighted by molar-refractivity contribution is 5.76. The van der Waals surface area contributed by atoms with Crippen molar-refractivity contribution in [3.05, 3.63) is 60.2 Å². The average Bonchev–Trinajstić information content (AvgIpc) is 2.66. The Morgan fingerprint density at radius 3 is 2.62 bits per heavy atom. The van der Waals surface area contributed by atoms with E-state index < -0.39 is 17.5 Å². The van der Waals surface area contributed by atoms with Gasteiger partial charge in [0.25, 0.3) is 0 Å². The third-order valence-corrected chi connectivity index (χ3v) is 5.24. The van der Waals surface area contributed by atoms with E-state index in [9.17, 15) is 15.0 Å². The van der Waals surface area contributed by atoms with Gasteiger partial charge in [-0.15, -0.1) is 0 Å². The van der Waals surface area contributed by atoms with Crippen LogP contribution in [-0.4, -0.2) is 50.2 Å². The summed E-state index contributed by atoms with van der Waals surface area (Å²) in [4.78, 5) is 22.2. The zero-order chi connectivity index (χ0) is 18.4. The van der Waals surface area contributed by atoms with Crippen LogP contribution in [0.5, 0.6) is 0 Å². The molecular weight excluding hydrogens is 330 g/mol. The normalized spacial score (nSPS) is 23.7. The molecule has 1 aromatic carbocycles. The van der Waals surface area contributed by atoms with Gasteiger partial charge in [-0.1, -0.05) is 30.3 Å². The van der Waals surface area contributed by atoms with Crippen molar-refractivity contribution in [1.29, 1.82) is 0 Å². The molecule has 1 aliphatic heterocycles. The second-order valence-corrected chi connectivity index (χ2v) is 7.06. The molecular formula is C20H25N3O3. The fraction of sp³-hybridized carbons (Fsp3) is 0.450. The minimum atomic E-state index is -1.12. The molecule has 1 aliphatic rings. The lowest BCUT2D eigenvalue weighted by Gasteiger charge is -2.43. The van der Waals surface area contributed by atoms with Gasteiger partial charge in [0.1, 0.15) is 11.7 Å². The van der Waals surface area contributed by atoms with Gasteiger partial charge in [0, 0.05) is 37.6 Å². The topological polar surface area (TPSA) is 86.5 Å². The second-order valence-electron chi connectivity index (χ2n) is 7.06. The zero-order valence-electron chi connectivity index (χ0n) is 14.8. The molecule has 1 saturated heterocycles. The van der Waals surface area contributed by atoms with Gasteiger partial charge in [0.15, 0.2) is 0 Å². The van der Waals surface area contributed by atoms with E-state index in [2.05, 4.69) is 14.9 Å². The van der Waals surface area contributed by atoms with Crippen molar-refractivity contribution >= 4 is 5.97 Å². The first kappa shape index (κ1) is 18.5. The summed E-state index contributed by atoms with van der Waals surface area (Å²) in [5, 5.41) is 20.5. The lowest BCUT2D eigenvalue weighted by molar-refractivity contribution is -0.164. The van der Waals surface area contributed by atoms with E-state index in [0.717, 1.165) is 18.4 Å². The fourth-order valence-corrected chi connectivity index (χ4v) is 3.78. The maximum atomic E-state index is 12.1. The number of nitrogens with zero attached hydrogens (tertiary/aromatic N) is 3. The highest BCUT2D eigenvalue weighted by Gasteiger charge is 2.48. The minimum Gasteiger partial charge on any atom is -0.481 e. The number of aromatic nitrogens is 2. The number of carboxylic acid groups (broad SMARTS) is 1. The van der Waals surface area contributed by atoms with Crippen LogP contribution < -0.4 is 0 Å². The Labute approximate surface area is 153 Å². The summed E-state index contributed by atoms with van der Waals surface area (Å²) >= 11 is 0. The van der Waals surface area contributed by atoms with Crippen molar-refractivity contribution in [3.63, 3.8) is 0 Å². The van der Waals surface area contributed by atoms with Crippen LogP contribution in [0.15, 0.2) is 49.1 Å². The Morgan fingerprint density at radius 2 is 1.92 bits per heavy atom. The van der Waals surface area contributed by atoms with Crippen LogP contribution in [0, 0.1) is 5.41 Å². The van der Waals surface area contributed by atoms with E-state index in [-0.39, 0.29) is 0 Å². The molecule has 26 heavy (non-hydrogen) atoms. The number of hydrogen-bond acceptors (Lipinski definition) is 5. The summed E-state index contributed by atoms with van der Waals surface area (Å²) in [5.41, 5.74) is 1.02. The molecule has 0 spiro atoms. The molecule has 6 nitrogen and oxygen atoms in total. The van der Waals surface area contributed by atoms with Crippen LogP contribution in [0.2, 0.25) is 0 Å². The third-order valence-electron chi connectivity index (χ3n) is 5.24. The number of rotatable bonds is 7. The van der Waals surface area contributed by atoms with Gasteiger partial charge >= 0.3 is 5.97 Å². The van der Waals surface area contributed by atoms with Crippen molar-refractivity contribution in [2.75, 3.05) is 13.1 Å². The number of aryl methyl sites for hydroxylation is 1. The maximum Gasteiger partial charge on any atom is 0.313 e. The van der Waals surface area contributed by atoms with Crippen molar-refractivity contribution < 1.29 is 15.0 Å². The van der Waals surface area contributed by atoms with Crippen LogP contribution in [0.1, 0.15) is 30.4 Å². The number of carboxylic acids is 1. The first-order chi connectivity index (χ1) is 12.6. The van der Waals surface area contributed by atoms with E-state index in [1.54, 1.807) is 12.4 Å². The molecule has 0 aliphatic carbocycles. The number of aliphatic hydroxyl groups excluding tert-OH is 1. The van der Waals surface area contributed by atoms with Gasteiger partial charge in [-0.2, -0.15) is 0 Å². The summed E-state index contributed by atoms with van der Waals surface area (Å²) in [6, 6.07) is 10.0. The predicted molar refractivity (Wildman–Crippen MR) is 97.4 cm³/mol. The number of benzene rings is 1. The van der Waals surface area contributed by atoms with Gasteiger partial charge in [-0.05, 0) is 31.2 Å². The number of piperidine rings is 1. The SMILES string of the molecule is O=C(O)[C@]1(CCCc2ccccc2)CN(Cc2cncnc2)CC[C@H]1O. The Kier molecular flexibility index (Phi) is 5.96. The van der Waals surface area contributed by atoms with Gasteiger partial charge in [0.05, 0.1) is 6.10 Å². The standard InChI is InChI=1S/C20H25N3O3/c24-18-8-10-23(13-17-11-21-15-22-12-17)14-20(18,19(25)26)9-4-7-16-5-2-1-3-6-16/h1-3,5-6,11-12,15,18,24H,4,7-10,13-14H2,(H,25,26)/t18-,20-/m1/s1. The summed E-state index contributed by atoms with van der Waals surface area (Å²) in [6.07, 6.45) is 6.62. The van der Waals surface area contributed by atoms with Crippen LogP contribution >= 0.6 is 0 Å². The molecule has 2 heterocycles. The maximum absolute atomic E-state index is 12.1. The second kappa shape index (κ2) is 8.38. The molecule has 1 aromatic heterocycles. The molecule has 0 radical (unpaired) electrons. The summed E-state index contributed by atoms with van der Waals surface area (Å²) in [5.74, 6) is -0.910. The molecule has 138 valence electrons. The number of aliphatic carboxylic acids is 1. The molecule has 0 bridgehead atoms. The first-order valence-corrected chi connectivity index (χ1v) is 9.02. The molecule has 1 fully saturated rings. The molecule has 2 N–H and O–H groups in total. The van der Waals surface area contributed by atoms with Crippen LogP contribution in [0.25, 0.3) is 0 Å². The summed E-state index contributed by atoms with van der Waals surface area (Å²) < 4.78 is 0. The van der Waals surface area contributed by atoms with Gasteiger partial charge in [-0.25, -0.2) is 9.97 Å². The van der Waals surface area contributed by atoms with Gasteiger partial charge < -0.3 is 10.2 Å². The number of carbonyl (C=O) groups is 1. The molecule has 3 rings (SSSR count). The average molecular weight is 355 g/mol. The summed E-state index contributed by atoms with van der Waals surface area (Å²) in [6.45, 7) is 1.61. The molecule has 2 atom stereocenters. The van der Waals surface area contributed by atoms with E-state index in [1.165, 1.54) is 11.9 Å². The summed E-state index contributed by atoms with van der Waals surface area (Å²) in [7, 11) is 0. The number of likely N-dealkylation sites (tertiary alicyclic amines) is 1. The van der Waals surface area contributed by atoms with Gasteiger partial charge in [0.2, 0.25) is 0 Å². The zero-order valence-corrected chi connectivity index (χ0v) is 14.8. The number of aliphatic hydroxyl groups is 1. The molecule has 0 saturated carbocycles. The van der Waals surface area contributed by atoms with E-state index >= 15 is 0 Å². The quantitative estimate of drug-likeness (QED) is 0.791. The van der Waals surface area contributed by atoms with Crippen molar-refractivity contribution in [3.8, 4) is 0 Å². The highest BCUT2D eigenvalue weighted by atomic mass is 16.4. The first-order valence-electron chi connectivity index (χ1n) is 9.02. The van der Waals surface area contributed by atoms with E-state index in [1.807, 2.05) is 30.3 Å². The predicted octanol–water partition coefficient (Wildman–Crippen LogP) is 2.14. The van der Waals surface area contributed by atoms with Crippen molar-refractivity contribution in [1.82, 2.24) is 14.9 Å².